The van der Waals surface area contributed by atoms with E-state index in [0.29, 0.717) is 13.0 Å². The number of aromatic nitrogens is 1. The van der Waals surface area contributed by atoms with Gasteiger partial charge in [0.15, 0.2) is 0 Å². The van der Waals surface area contributed by atoms with Gasteiger partial charge in [0.2, 0.25) is 0 Å². The molecule has 0 aliphatic rings. The summed E-state index contributed by atoms with van der Waals surface area (Å²) in [4.78, 5) is 13.7. The maximum atomic E-state index is 13.7. The van der Waals surface area contributed by atoms with Crippen molar-refractivity contribution in [1.82, 2.24) is 4.57 Å². The van der Waals surface area contributed by atoms with Crippen molar-refractivity contribution in [3.8, 4) is 22.3 Å². The van der Waals surface area contributed by atoms with Crippen LogP contribution in [-0.4, -0.2) is 4.57 Å². The van der Waals surface area contributed by atoms with Gasteiger partial charge in [-0.15, -0.1) is 0 Å². The van der Waals surface area contributed by atoms with Crippen molar-refractivity contribution < 1.29 is 0 Å². The van der Waals surface area contributed by atoms with Gasteiger partial charge in [0.05, 0.1) is 0 Å². The van der Waals surface area contributed by atoms with Gasteiger partial charge in [0.1, 0.15) is 0 Å². The smallest absolute Gasteiger partial charge is 0.254 e. The molecule has 1 heterocycles. The molecule has 0 spiro atoms. The van der Waals surface area contributed by atoms with Crippen LogP contribution < -0.4 is 5.56 Å². The van der Waals surface area contributed by atoms with Gasteiger partial charge in [-0.3, -0.25) is 4.79 Å². The maximum absolute atomic E-state index is 13.7. The van der Waals surface area contributed by atoms with Crippen LogP contribution in [0.4, 0.5) is 0 Å². The third-order valence-electron chi connectivity index (χ3n) is 5.95. The molecule has 0 saturated carbocycles. The van der Waals surface area contributed by atoms with Crippen molar-refractivity contribution in [2.75, 3.05) is 0 Å². The zero-order valence-electron chi connectivity index (χ0n) is 18.3. The Morgan fingerprint density at radius 3 is 1.68 bits per heavy atom. The van der Waals surface area contributed by atoms with E-state index in [1.165, 1.54) is 16.7 Å². The van der Waals surface area contributed by atoms with E-state index in [-0.39, 0.29) is 5.56 Å². The minimum Gasteiger partial charge on any atom is -0.311 e. The van der Waals surface area contributed by atoms with Crippen molar-refractivity contribution in [3.63, 3.8) is 0 Å². The van der Waals surface area contributed by atoms with E-state index in [4.69, 9.17) is 0 Å². The van der Waals surface area contributed by atoms with Crippen LogP contribution in [0.15, 0.2) is 95.8 Å². The van der Waals surface area contributed by atoms with Crippen LogP contribution in [0.1, 0.15) is 30.7 Å². The summed E-state index contributed by atoms with van der Waals surface area (Å²) in [5.41, 5.74) is 7.97. The monoisotopic (exact) mass is 407 g/mol. The molecule has 0 N–H and O–H groups in total. The molecule has 0 bridgehead atoms. The lowest BCUT2D eigenvalue weighted by molar-refractivity contribution is 0.631. The summed E-state index contributed by atoms with van der Waals surface area (Å²) >= 11 is 0. The SMILES string of the molecule is CCc1c(-c2ccccc2)c(-c2ccccc2)c(CC)n(CCc2ccccc2)c1=O. The van der Waals surface area contributed by atoms with Gasteiger partial charge < -0.3 is 4.57 Å². The number of hydrogen-bond donors (Lipinski definition) is 0. The topological polar surface area (TPSA) is 22.0 Å². The Balaban J connectivity index is 1.98. The minimum atomic E-state index is 0.147. The van der Waals surface area contributed by atoms with E-state index < -0.39 is 0 Å². The Morgan fingerprint density at radius 1 is 0.645 bits per heavy atom. The van der Waals surface area contributed by atoms with Gasteiger partial charge in [-0.2, -0.15) is 0 Å². The summed E-state index contributed by atoms with van der Waals surface area (Å²) in [6.45, 7) is 4.93. The lowest BCUT2D eigenvalue weighted by Crippen LogP contribution is -2.29. The van der Waals surface area contributed by atoms with Gasteiger partial charge in [-0.1, -0.05) is 105 Å². The molecule has 0 amide bonds. The molecule has 2 nitrogen and oxygen atoms in total. The third-order valence-corrected chi connectivity index (χ3v) is 5.95. The summed E-state index contributed by atoms with van der Waals surface area (Å²) in [6.07, 6.45) is 2.35. The highest BCUT2D eigenvalue weighted by molar-refractivity contribution is 5.87. The molecule has 0 atom stereocenters. The van der Waals surface area contributed by atoms with Gasteiger partial charge in [-0.05, 0) is 41.5 Å². The van der Waals surface area contributed by atoms with Crippen LogP contribution in [-0.2, 0) is 25.8 Å². The molecule has 0 fully saturated rings. The molecular formula is C29H29NO. The summed E-state index contributed by atoms with van der Waals surface area (Å²) < 4.78 is 2.03. The standard InChI is InChI=1S/C29H29NO/c1-3-25-27(23-16-10-6-11-17-23)28(24-18-12-7-13-19-24)26(4-2)30(29(25)31)21-20-22-14-8-5-9-15-22/h5-19H,3-4,20-21H2,1-2H3. The number of hydrogen-bond acceptors (Lipinski definition) is 1. The second-order valence-electron chi connectivity index (χ2n) is 7.81. The highest BCUT2D eigenvalue weighted by Gasteiger charge is 2.22. The fraction of sp³-hybridized carbons (Fsp3) is 0.207. The first-order valence-electron chi connectivity index (χ1n) is 11.2. The first kappa shape index (κ1) is 20.9. The number of pyridine rings is 1. The Kier molecular flexibility index (Phi) is 6.47. The number of benzene rings is 3. The van der Waals surface area contributed by atoms with Gasteiger partial charge in [-0.25, -0.2) is 0 Å². The average molecular weight is 408 g/mol. The minimum absolute atomic E-state index is 0.147. The molecule has 0 saturated heterocycles. The first-order chi connectivity index (χ1) is 15.2. The molecule has 1 aromatic heterocycles. The molecule has 0 aliphatic heterocycles. The Labute approximate surface area is 184 Å². The van der Waals surface area contributed by atoms with Crippen LogP contribution in [0.2, 0.25) is 0 Å². The third kappa shape index (κ3) is 4.25. The zero-order valence-corrected chi connectivity index (χ0v) is 18.3. The molecule has 31 heavy (non-hydrogen) atoms. The van der Waals surface area contributed by atoms with E-state index in [1.54, 1.807) is 0 Å². The Bertz CT molecular complexity index is 1190. The van der Waals surface area contributed by atoms with Crippen LogP contribution in [0.3, 0.4) is 0 Å². The van der Waals surface area contributed by atoms with E-state index in [1.807, 2.05) is 22.8 Å². The Hall–Kier alpha value is -3.39. The normalized spacial score (nSPS) is 10.9. The number of rotatable bonds is 7. The van der Waals surface area contributed by atoms with Crippen LogP contribution in [0, 0.1) is 0 Å². The predicted octanol–water partition coefficient (Wildman–Crippen LogP) is 6.55. The van der Waals surface area contributed by atoms with Crippen molar-refractivity contribution in [2.45, 2.75) is 39.7 Å². The van der Waals surface area contributed by atoms with Gasteiger partial charge in [0, 0.05) is 23.4 Å². The van der Waals surface area contributed by atoms with E-state index in [9.17, 15) is 4.79 Å². The molecule has 2 heteroatoms. The highest BCUT2D eigenvalue weighted by atomic mass is 16.1. The molecule has 4 rings (SSSR count). The summed E-state index contributed by atoms with van der Waals surface area (Å²) in [5, 5.41) is 0. The van der Waals surface area contributed by atoms with E-state index in [2.05, 4.69) is 86.6 Å². The van der Waals surface area contributed by atoms with Gasteiger partial charge >= 0.3 is 0 Å². The summed E-state index contributed by atoms with van der Waals surface area (Å²) in [5.74, 6) is 0. The molecular weight excluding hydrogens is 378 g/mol. The molecule has 0 unspecified atom stereocenters. The summed E-state index contributed by atoms with van der Waals surface area (Å²) in [6, 6.07) is 31.3. The Morgan fingerprint density at radius 2 is 1.16 bits per heavy atom. The molecule has 4 aromatic rings. The van der Waals surface area contributed by atoms with E-state index >= 15 is 0 Å². The average Bonchev–Trinajstić information content (AvgIpc) is 2.84. The van der Waals surface area contributed by atoms with Crippen molar-refractivity contribution in [3.05, 3.63) is 118 Å². The quantitative estimate of drug-likeness (QED) is 0.340. The lowest BCUT2D eigenvalue weighted by Gasteiger charge is -2.23. The predicted molar refractivity (Wildman–Crippen MR) is 130 cm³/mol. The second-order valence-corrected chi connectivity index (χ2v) is 7.81. The molecule has 0 radical (unpaired) electrons. The van der Waals surface area contributed by atoms with Crippen LogP contribution in [0.5, 0.6) is 0 Å². The molecule has 0 aliphatic carbocycles. The fourth-order valence-electron chi connectivity index (χ4n) is 4.48. The van der Waals surface area contributed by atoms with Crippen molar-refractivity contribution in [2.24, 2.45) is 0 Å². The van der Waals surface area contributed by atoms with Crippen molar-refractivity contribution in [1.29, 1.82) is 0 Å². The highest BCUT2D eigenvalue weighted by Crippen LogP contribution is 2.37. The zero-order chi connectivity index (χ0) is 21.6. The van der Waals surface area contributed by atoms with Crippen molar-refractivity contribution >= 4 is 0 Å². The largest absolute Gasteiger partial charge is 0.311 e. The van der Waals surface area contributed by atoms with E-state index in [0.717, 1.165) is 35.2 Å². The maximum Gasteiger partial charge on any atom is 0.254 e. The number of aryl methyl sites for hydroxylation is 1. The van der Waals surface area contributed by atoms with Crippen LogP contribution in [0.25, 0.3) is 22.3 Å². The first-order valence-corrected chi connectivity index (χ1v) is 11.2. The molecule has 3 aromatic carbocycles. The molecule has 156 valence electrons. The second kappa shape index (κ2) is 9.61. The van der Waals surface area contributed by atoms with Crippen LogP contribution >= 0.6 is 0 Å². The lowest BCUT2D eigenvalue weighted by atomic mass is 9.88. The summed E-state index contributed by atoms with van der Waals surface area (Å²) in [7, 11) is 0. The number of nitrogens with zero attached hydrogens (tertiary/aromatic N) is 1. The van der Waals surface area contributed by atoms with Gasteiger partial charge in [0.25, 0.3) is 5.56 Å². The fourth-order valence-corrected chi connectivity index (χ4v) is 4.48.